The van der Waals surface area contributed by atoms with Gasteiger partial charge in [-0.25, -0.2) is 0 Å². The van der Waals surface area contributed by atoms with E-state index in [0.717, 1.165) is 24.5 Å². The lowest BCUT2D eigenvalue weighted by molar-refractivity contribution is -0.137. The van der Waals surface area contributed by atoms with Crippen molar-refractivity contribution >= 4 is 22.6 Å². The van der Waals surface area contributed by atoms with Crippen LogP contribution in [0.2, 0.25) is 0 Å². The van der Waals surface area contributed by atoms with Gasteiger partial charge in [-0.3, -0.25) is 14.6 Å². The molecule has 7 heteroatoms. The number of unbranched alkanes of at least 4 members (excludes halogenated alkanes) is 1. The number of Topliss-reactive ketones (excluding diaryl/α,β-unsaturated/α-hetero) is 1. The fraction of sp³-hybridized carbons (Fsp3) is 0.258. The van der Waals surface area contributed by atoms with Crippen LogP contribution in [0.15, 0.2) is 72.9 Å². The lowest BCUT2D eigenvalue weighted by Gasteiger charge is -2.18. The van der Waals surface area contributed by atoms with E-state index in [2.05, 4.69) is 10.3 Å². The highest BCUT2D eigenvalue weighted by molar-refractivity contribution is 6.02. The lowest BCUT2D eigenvalue weighted by atomic mass is 9.90. The molecule has 1 heterocycles. The quantitative estimate of drug-likeness (QED) is 0.183. The molecule has 1 aromatic heterocycles. The summed E-state index contributed by atoms with van der Waals surface area (Å²) in [5.41, 5.74) is 2.02. The number of carbonyl (C=O) groups excluding carboxylic acids is 2. The second-order valence-electron chi connectivity index (χ2n) is 9.19. The number of fused-ring (bicyclic) bond motifs is 1. The Labute approximate surface area is 219 Å². The summed E-state index contributed by atoms with van der Waals surface area (Å²) in [7, 11) is 0. The SMILES string of the molecule is CCCCNC(=O)c1ccc(-c2cc3c(Cc4ccccc4)c(C(=O)CC)cnc3cc2C(F)(F)F)cc1. The summed E-state index contributed by atoms with van der Waals surface area (Å²) >= 11 is 0. The van der Waals surface area contributed by atoms with Gasteiger partial charge < -0.3 is 5.32 Å². The Balaban J connectivity index is 1.87. The van der Waals surface area contributed by atoms with Crippen molar-refractivity contribution in [2.45, 2.75) is 45.7 Å². The summed E-state index contributed by atoms with van der Waals surface area (Å²) in [6.45, 7) is 4.30. The zero-order valence-electron chi connectivity index (χ0n) is 21.4. The predicted octanol–water partition coefficient (Wildman–Crippen LogP) is 7.63. The van der Waals surface area contributed by atoms with E-state index in [1.54, 1.807) is 6.92 Å². The van der Waals surface area contributed by atoms with Crippen molar-refractivity contribution in [3.05, 3.63) is 101 Å². The maximum Gasteiger partial charge on any atom is 0.417 e. The number of benzene rings is 3. The van der Waals surface area contributed by atoms with Crippen LogP contribution in [-0.4, -0.2) is 23.2 Å². The van der Waals surface area contributed by atoms with Gasteiger partial charge in [-0.2, -0.15) is 13.2 Å². The average Bonchev–Trinajstić information content (AvgIpc) is 2.92. The molecule has 4 aromatic rings. The number of aromatic nitrogens is 1. The maximum absolute atomic E-state index is 14.2. The van der Waals surface area contributed by atoms with Gasteiger partial charge in [-0.05, 0) is 59.4 Å². The van der Waals surface area contributed by atoms with Crippen LogP contribution in [-0.2, 0) is 12.6 Å². The Morgan fingerprint density at radius 1 is 0.947 bits per heavy atom. The van der Waals surface area contributed by atoms with Crippen LogP contribution < -0.4 is 5.32 Å². The van der Waals surface area contributed by atoms with Crippen molar-refractivity contribution in [2.24, 2.45) is 0 Å². The Hall–Kier alpha value is -4.00. The summed E-state index contributed by atoms with van der Waals surface area (Å²) in [6, 6.07) is 18.1. The molecule has 0 unspecified atom stereocenters. The van der Waals surface area contributed by atoms with Crippen molar-refractivity contribution in [1.82, 2.24) is 10.3 Å². The van der Waals surface area contributed by atoms with Crippen molar-refractivity contribution < 1.29 is 22.8 Å². The predicted molar refractivity (Wildman–Crippen MR) is 143 cm³/mol. The summed E-state index contributed by atoms with van der Waals surface area (Å²) in [6.07, 6.45) is -0.824. The van der Waals surface area contributed by atoms with Gasteiger partial charge >= 0.3 is 6.18 Å². The van der Waals surface area contributed by atoms with E-state index in [-0.39, 0.29) is 29.2 Å². The van der Waals surface area contributed by atoms with Gasteiger partial charge in [-0.15, -0.1) is 0 Å². The van der Waals surface area contributed by atoms with Crippen molar-refractivity contribution in [3.8, 4) is 11.1 Å². The molecule has 1 amide bonds. The molecule has 0 aliphatic heterocycles. The zero-order chi connectivity index (χ0) is 27.3. The fourth-order valence-corrected chi connectivity index (χ4v) is 4.47. The molecule has 0 radical (unpaired) electrons. The molecule has 0 aliphatic rings. The molecule has 4 rings (SSSR count). The largest absolute Gasteiger partial charge is 0.417 e. The van der Waals surface area contributed by atoms with Gasteiger partial charge in [0.1, 0.15) is 0 Å². The van der Waals surface area contributed by atoms with Gasteiger partial charge in [0.05, 0.1) is 11.1 Å². The molecular weight excluding hydrogens is 489 g/mol. The summed E-state index contributed by atoms with van der Waals surface area (Å²) in [5, 5.41) is 3.31. The monoisotopic (exact) mass is 518 g/mol. The Bertz CT molecular complexity index is 1450. The molecular formula is C31H29F3N2O2. The number of carbonyl (C=O) groups is 2. The fourth-order valence-electron chi connectivity index (χ4n) is 4.47. The molecule has 0 aliphatic carbocycles. The third-order valence-corrected chi connectivity index (χ3v) is 6.54. The molecule has 0 saturated heterocycles. The number of pyridine rings is 1. The summed E-state index contributed by atoms with van der Waals surface area (Å²) < 4.78 is 42.6. The van der Waals surface area contributed by atoms with Gasteiger partial charge in [-0.1, -0.05) is 62.7 Å². The molecule has 196 valence electrons. The van der Waals surface area contributed by atoms with E-state index in [0.29, 0.717) is 40.6 Å². The van der Waals surface area contributed by atoms with Gasteiger partial charge in [0, 0.05) is 35.7 Å². The van der Waals surface area contributed by atoms with Crippen LogP contribution in [0.4, 0.5) is 13.2 Å². The van der Waals surface area contributed by atoms with Crippen LogP contribution in [0.1, 0.15) is 70.5 Å². The highest BCUT2D eigenvalue weighted by Gasteiger charge is 2.35. The number of ketones is 1. The number of nitrogens with zero attached hydrogens (tertiary/aromatic N) is 1. The van der Waals surface area contributed by atoms with Crippen molar-refractivity contribution in [3.63, 3.8) is 0 Å². The minimum absolute atomic E-state index is 0.0276. The molecule has 0 spiro atoms. The van der Waals surface area contributed by atoms with Crippen LogP contribution >= 0.6 is 0 Å². The minimum atomic E-state index is -4.63. The van der Waals surface area contributed by atoms with Gasteiger partial charge in [0.25, 0.3) is 5.91 Å². The number of alkyl halides is 3. The van der Waals surface area contributed by atoms with E-state index < -0.39 is 11.7 Å². The molecule has 0 saturated carbocycles. The lowest BCUT2D eigenvalue weighted by Crippen LogP contribution is -2.24. The first kappa shape index (κ1) is 27.0. The molecule has 4 nitrogen and oxygen atoms in total. The van der Waals surface area contributed by atoms with E-state index in [9.17, 15) is 22.8 Å². The molecule has 0 atom stereocenters. The van der Waals surface area contributed by atoms with E-state index in [4.69, 9.17) is 0 Å². The number of halogens is 3. The maximum atomic E-state index is 14.2. The Morgan fingerprint density at radius 2 is 1.66 bits per heavy atom. The normalized spacial score (nSPS) is 11.5. The van der Waals surface area contributed by atoms with Crippen molar-refractivity contribution in [1.29, 1.82) is 0 Å². The van der Waals surface area contributed by atoms with Crippen LogP contribution in [0.5, 0.6) is 0 Å². The smallest absolute Gasteiger partial charge is 0.352 e. The van der Waals surface area contributed by atoms with Crippen LogP contribution in [0.25, 0.3) is 22.0 Å². The first-order chi connectivity index (χ1) is 18.2. The van der Waals surface area contributed by atoms with Gasteiger partial charge in [0.15, 0.2) is 5.78 Å². The van der Waals surface area contributed by atoms with E-state index >= 15 is 0 Å². The highest BCUT2D eigenvalue weighted by atomic mass is 19.4. The minimum Gasteiger partial charge on any atom is -0.352 e. The third kappa shape index (κ3) is 5.93. The summed E-state index contributed by atoms with van der Waals surface area (Å²) in [4.78, 5) is 29.4. The zero-order valence-corrected chi connectivity index (χ0v) is 21.4. The molecule has 0 fully saturated rings. The third-order valence-electron chi connectivity index (χ3n) is 6.54. The highest BCUT2D eigenvalue weighted by Crippen LogP contribution is 2.40. The number of rotatable bonds is 9. The average molecular weight is 519 g/mol. The molecule has 3 aromatic carbocycles. The first-order valence-electron chi connectivity index (χ1n) is 12.7. The van der Waals surface area contributed by atoms with Gasteiger partial charge in [0.2, 0.25) is 0 Å². The van der Waals surface area contributed by atoms with E-state index in [1.807, 2.05) is 37.3 Å². The summed E-state index contributed by atoms with van der Waals surface area (Å²) in [5.74, 6) is -0.387. The second-order valence-corrected chi connectivity index (χ2v) is 9.19. The number of hydrogen-bond acceptors (Lipinski definition) is 3. The topological polar surface area (TPSA) is 59.1 Å². The van der Waals surface area contributed by atoms with Crippen molar-refractivity contribution in [2.75, 3.05) is 6.54 Å². The Morgan fingerprint density at radius 3 is 2.29 bits per heavy atom. The van der Waals surface area contributed by atoms with Crippen LogP contribution in [0.3, 0.4) is 0 Å². The van der Waals surface area contributed by atoms with E-state index in [1.165, 1.54) is 36.5 Å². The second kappa shape index (κ2) is 11.6. The molecule has 38 heavy (non-hydrogen) atoms. The molecule has 0 bridgehead atoms. The first-order valence-corrected chi connectivity index (χ1v) is 12.7. The number of amides is 1. The number of nitrogens with one attached hydrogen (secondary N) is 1. The standard InChI is InChI=1S/C31H29F3N2O2/c1-3-5-15-35-30(38)22-13-11-21(12-14-22)23-17-25-24(16-20-9-7-6-8-10-20)26(29(37)4-2)19-36-28(25)18-27(23)31(32,33)34/h6-14,17-19H,3-5,15-16H2,1-2H3,(H,35,38). The Kier molecular flexibility index (Phi) is 8.25. The number of hydrogen-bond donors (Lipinski definition) is 1. The van der Waals surface area contributed by atoms with Crippen LogP contribution in [0, 0.1) is 0 Å². The molecule has 1 N–H and O–H groups in total.